The van der Waals surface area contributed by atoms with Crippen LogP contribution in [0.2, 0.25) is 0 Å². The molecule has 0 fully saturated rings. The van der Waals surface area contributed by atoms with Gasteiger partial charge in [-0.3, -0.25) is 4.79 Å². The van der Waals surface area contributed by atoms with Gasteiger partial charge in [-0.25, -0.2) is 4.79 Å². The molecule has 0 aliphatic rings. The molecule has 148 valence electrons. The van der Waals surface area contributed by atoms with E-state index in [0.29, 0.717) is 29.6 Å². The van der Waals surface area contributed by atoms with Gasteiger partial charge in [0.1, 0.15) is 5.75 Å². The molecule has 0 saturated heterocycles. The number of nitrogens with one attached hydrogen (secondary N) is 3. The first-order chi connectivity index (χ1) is 13.4. The van der Waals surface area contributed by atoms with Crippen LogP contribution in [0.15, 0.2) is 55.1 Å². The number of amides is 3. The molecule has 2 aromatic carbocycles. The lowest BCUT2D eigenvalue weighted by Gasteiger charge is -2.13. The summed E-state index contributed by atoms with van der Waals surface area (Å²) in [6.07, 6.45) is 1.60. The van der Waals surface area contributed by atoms with Crippen LogP contribution in [-0.4, -0.2) is 25.1 Å². The molecule has 28 heavy (non-hydrogen) atoms. The molecule has 0 spiro atoms. The van der Waals surface area contributed by atoms with Crippen molar-refractivity contribution in [2.24, 2.45) is 0 Å². The zero-order valence-electron chi connectivity index (χ0n) is 16.5. The van der Waals surface area contributed by atoms with Crippen molar-refractivity contribution in [2.45, 2.75) is 26.7 Å². The summed E-state index contributed by atoms with van der Waals surface area (Å²) in [6, 6.07) is 12.6. The van der Waals surface area contributed by atoms with Crippen LogP contribution < -0.4 is 20.7 Å². The third-order valence-corrected chi connectivity index (χ3v) is 4.07. The van der Waals surface area contributed by atoms with Gasteiger partial charge < -0.3 is 20.7 Å². The molecule has 0 unspecified atom stereocenters. The Morgan fingerprint density at radius 2 is 1.71 bits per heavy atom. The molecule has 0 bridgehead atoms. The molecular weight excluding hydrogens is 354 g/mol. The molecule has 0 aliphatic heterocycles. The first-order valence-electron chi connectivity index (χ1n) is 9.18. The molecule has 0 radical (unpaired) electrons. The SMILES string of the molecule is C=CCNC(=O)Nc1ccc(NC(=O)COc2cc(C(C)C)ccc2C)cc1. The normalized spacial score (nSPS) is 10.3. The fourth-order valence-electron chi connectivity index (χ4n) is 2.45. The molecule has 0 aromatic heterocycles. The van der Waals surface area contributed by atoms with Crippen molar-refractivity contribution in [3.05, 3.63) is 66.2 Å². The first-order valence-corrected chi connectivity index (χ1v) is 9.18. The zero-order chi connectivity index (χ0) is 20.5. The summed E-state index contributed by atoms with van der Waals surface area (Å²) in [5, 5.41) is 8.09. The predicted octanol–water partition coefficient (Wildman–Crippen LogP) is 4.44. The Hall–Kier alpha value is -3.28. The monoisotopic (exact) mass is 381 g/mol. The quantitative estimate of drug-likeness (QED) is 0.591. The molecule has 3 amide bonds. The summed E-state index contributed by atoms with van der Waals surface area (Å²) in [4.78, 5) is 23.8. The molecule has 2 rings (SSSR count). The highest BCUT2D eigenvalue weighted by molar-refractivity contribution is 5.93. The van der Waals surface area contributed by atoms with Crippen LogP contribution in [0.4, 0.5) is 16.2 Å². The summed E-state index contributed by atoms with van der Waals surface area (Å²) in [5.41, 5.74) is 3.40. The molecule has 0 saturated carbocycles. The molecule has 0 aliphatic carbocycles. The number of aryl methyl sites for hydroxylation is 1. The lowest BCUT2D eigenvalue weighted by Crippen LogP contribution is -2.28. The van der Waals surface area contributed by atoms with Crippen molar-refractivity contribution in [2.75, 3.05) is 23.8 Å². The Labute approximate surface area is 166 Å². The third kappa shape index (κ3) is 6.46. The minimum absolute atomic E-state index is 0.0770. The van der Waals surface area contributed by atoms with Gasteiger partial charge in [0.2, 0.25) is 0 Å². The number of urea groups is 1. The molecule has 6 nitrogen and oxygen atoms in total. The number of anilines is 2. The number of hydrogen-bond acceptors (Lipinski definition) is 3. The minimum atomic E-state index is -0.316. The van der Waals surface area contributed by atoms with Crippen molar-refractivity contribution >= 4 is 23.3 Å². The first kappa shape index (κ1) is 21.0. The van der Waals surface area contributed by atoms with Crippen LogP contribution >= 0.6 is 0 Å². The van der Waals surface area contributed by atoms with Crippen molar-refractivity contribution in [1.29, 1.82) is 0 Å². The van der Waals surface area contributed by atoms with E-state index in [1.165, 1.54) is 5.56 Å². The number of hydrogen-bond donors (Lipinski definition) is 3. The average molecular weight is 381 g/mol. The predicted molar refractivity (Wildman–Crippen MR) is 113 cm³/mol. The Balaban J connectivity index is 1.87. The third-order valence-electron chi connectivity index (χ3n) is 4.07. The Morgan fingerprint density at radius 3 is 2.32 bits per heavy atom. The summed E-state index contributed by atoms with van der Waals surface area (Å²) < 4.78 is 5.69. The highest BCUT2D eigenvalue weighted by Gasteiger charge is 2.08. The summed E-state index contributed by atoms with van der Waals surface area (Å²) >= 11 is 0. The van der Waals surface area contributed by atoms with Gasteiger partial charge in [-0.1, -0.05) is 32.1 Å². The zero-order valence-corrected chi connectivity index (χ0v) is 16.5. The van der Waals surface area contributed by atoms with Gasteiger partial charge in [0, 0.05) is 17.9 Å². The van der Waals surface area contributed by atoms with Gasteiger partial charge in [-0.2, -0.15) is 0 Å². The van der Waals surface area contributed by atoms with Crippen LogP contribution in [-0.2, 0) is 4.79 Å². The summed E-state index contributed by atoms with van der Waals surface area (Å²) in [5.74, 6) is 0.855. The molecular formula is C22H27N3O3. The van der Waals surface area contributed by atoms with E-state index in [9.17, 15) is 9.59 Å². The Morgan fingerprint density at radius 1 is 1.07 bits per heavy atom. The van der Waals surface area contributed by atoms with Gasteiger partial charge in [0.25, 0.3) is 5.91 Å². The number of rotatable bonds is 8. The van der Waals surface area contributed by atoms with E-state index in [4.69, 9.17) is 4.74 Å². The number of carbonyl (C=O) groups is 2. The highest BCUT2D eigenvalue weighted by Crippen LogP contribution is 2.24. The second-order valence-corrected chi connectivity index (χ2v) is 6.72. The molecule has 0 heterocycles. The van der Waals surface area contributed by atoms with E-state index in [2.05, 4.69) is 42.4 Å². The average Bonchev–Trinajstić information content (AvgIpc) is 2.67. The fourth-order valence-corrected chi connectivity index (χ4v) is 2.45. The van der Waals surface area contributed by atoms with Gasteiger partial charge >= 0.3 is 6.03 Å². The van der Waals surface area contributed by atoms with E-state index in [0.717, 1.165) is 5.56 Å². The molecule has 2 aromatic rings. The van der Waals surface area contributed by atoms with E-state index < -0.39 is 0 Å². The number of ether oxygens (including phenoxy) is 1. The van der Waals surface area contributed by atoms with E-state index >= 15 is 0 Å². The second kappa shape index (κ2) is 10.2. The largest absolute Gasteiger partial charge is 0.483 e. The van der Waals surface area contributed by atoms with Crippen molar-refractivity contribution < 1.29 is 14.3 Å². The second-order valence-electron chi connectivity index (χ2n) is 6.72. The molecule has 0 atom stereocenters. The summed E-state index contributed by atoms with van der Waals surface area (Å²) in [6.45, 7) is 10.0. The van der Waals surface area contributed by atoms with Crippen molar-refractivity contribution in [3.8, 4) is 5.75 Å². The smallest absolute Gasteiger partial charge is 0.319 e. The Kier molecular flexibility index (Phi) is 7.63. The molecule has 6 heteroatoms. The van der Waals surface area contributed by atoms with Crippen molar-refractivity contribution in [1.82, 2.24) is 5.32 Å². The van der Waals surface area contributed by atoms with Gasteiger partial charge in [0.05, 0.1) is 0 Å². The number of carbonyl (C=O) groups excluding carboxylic acids is 2. The summed E-state index contributed by atoms with van der Waals surface area (Å²) in [7, 11) is 0. The fraction of sp³-hybridized carbons (Fsp3) is 0.273. The van der Waals surface area contributed by atoms with Gasteiger partial charge in [-0.05, 0) is 54.3 Å². The van der Waals surface area contributed by atoms with Crippen molar-refractivity contribution in [3.63, 3.8) is 0 Å². The standard InChI is InChI=1S/C22H27N3O3/c1-5-12-23-22(27)25-19-10-8-18(9-11-19)24-21(26)14-28-20-13-17(15(2)3)7-6-16(20)4/h5-11,13,15H,1,12,14H2,2-4H3,(H,24,26)(H2,23,25,27). The van der Waals surface area contributed by atoms with Crippen LogP contribution in [0, 0.1) is 6.92 Å². The minimum Gasteiger partial charge on any atom is -0.483 e. The van der Waals surface area contributed by atoms with Crippen LogP contribution in [0.5, 0.6) is 5.75 Å². The van der Waals surface area contributed by atoms with Gasteiger partial charge in [-0.15, -0.1) is 6.58 Å². The Bertz CT molecular complexity index is 829. The lowest BCUT2D eigenvalue weighted by molar-refractivity contribution is -0.118. The van der Waals surface area contributed by atoms with Crippen LogP contribution in [0.3, 0.4) is 0 Å². The van der Waals surface area contributed by atoms with Crippen LogP contribution in [0.1, 0.15) is 30.9 Å². The van der Waals surface area contributed by atoms with E-state index in [-0.39, 0.29) is 18.5 Å². The maximum atomic E-state index is 12.2. The van der Waals surface area contributed by atoms with E-state index in [1.807, 2.05) is 19.1 Å². The molecule has 3 N–H and O–H groups in total. The van der Waals surface area contributed by atoms with Gasteiger partial charge in [0.15, 0.2) is 6.61 Å². The maximum absolute atomic E-state index is 12.2. The number of benzene rings is 2. The van der Waals surface area contributed by atoms with E-state index in [1.54, 1.807) is 30.3 Å². The van der Waals surface area contributed by atoms with Crippen LogP contribution in [0.25, 0.3) is 0 Å². The lowest BCUT2D eigenvalue weighted by atomic mass is 10.0. The topological polar surface area (TPSA) is 79.5 Å². The maximum Gasteiger partial charge on any atom is 0.319 e. The highest BCUT2D eigenvalue weighted by atomic mass is 16.5.